The molecular weight excluding hydrogens is 286 g/mol. The van der Waals surface area contributed by atoms with Crippen molar-refractivity contribution < 1.29 is 14.7 Å². The van der Waals surface area contributed by atoms with Crippen LogP contribution in [0.4, 0.5) is 0 Å². The van der Waals surface area contributed by atoms with E-state index in [1.807, 2.05) is 19.1 Å². The first kappa shape index (κ1) is 15.3. The molecule has 5 heteroatoms. The van der Waals surface area contributed by atoms with Crippen LogP contribution >= 0.6 is 11.3 Å². The first-order valence-corrected chi connectivity index (χ1v) is 7.39. The third-order valence-corrected chi connectivity index (χ3v) is 4.17. The average molecular weight is 303 g/mol. The van der Waals surface area contributed by atoms with Crippen LogP contribution in [0.2, 0.25) is 0 Å². The van der Waals surface area contributed by atoms with Crippen molar-refractivity contribution in [1.29, 1.82) is 0 Å². The predicted molar refractivity (Wildman–Crippen MR) is 82.6 cm³/mol. The highest BCUT2D eigenvalue weighted by Crippen LogP contribution is 2.16. The van der Waals surface area contributed by atoms with Crippen LogP contribution in [0.25, 0.3) is 0 Å². The summed E-state index contributed by atoms with van der Waals surface area (Å²) >= 11 is 1.63. The van der Waals surface area contributed by atoms with Gasteiger partial charge < -0.3 is 10.0 Å². The predicted octanol–water partition coefficient (Wildman–Crippen LogP) is 2.96. The average Bonchev–Trinajstić information content (AvgIpc) is 2.84. The lowest BCUT2D eigenvalue weighted by Crippen LogP contribution is -2.27. The molecule has 0 atom stereocenters. The molecule has 0 aliphatic rings. The molecule has 2 rings (SSSR count). The molecule has 0 aliphatic carbocycles. The number of aryl methyl sites for hydroxylation is 1. The van der Waals surface area contributed by atoms with E-state index >= 15 is 0 Å². The van der Waals surface area contributed by atoms with Crippen molar-refractivity contribution in [2.24, 2.45) is 0 Å². The summed E-state index contributed by atoms with van der Waals surface area (Å²) in [6, 6.07) is 10.6. The van der Waals surface area contributed by atoms with E-state index in [0.29, 0.717) is 13.0 Å². The van der Waals surface area contributed by atoms with Crippen LogP contribution < -0.4 is 0 Å². The van der Waals surface area contributed by atoms with Gasteiger partial charge in [0.2, 0.25) is 5.91 Å². The lowest BCUT2D eigenvalue weighted by Gasteiger charge is -2.17. The van der Waals surface area contributed by atoms with Crippen molar-refractivity contribution >= 4 is 23.2 Å². The fraction of sp³-hybridized carbons (Fsp3) is 0.250. The lowest BCUT2D eigenvalue weighted by molar-refractivity contribution is -0.129. The van der Waals surface area contributed by atoms with Gasteiger partial charge in [0.25, 0.3) is 0 Å². The molecular formula is C16H17NO3S. The quantitative estimate of drug-likeness (QED) is 0.924. The SMILES string of the molecule is Cc1ccc(CC(=O)N(C)Cc2ccc(C(=O)O)cc2)s1. The molecule has 1 aromatic heterocycles. The van der Waals surface area contributed by atoms with Gasteiger partial charge in [0.15, 0.2) is 0 Å². The number of carboxylic acids is 1. The molecule has 0 fully saturated rings. The first-order valence-electron chi connectivity index (χ1n) is 6.57. The Hall–Kier alpha value is -2.14. The molecule has 0 bridgehead atoms. The number of nitrogens with zero attached hydrogens (tertiary/aromatic N) is 1. The van der Waals surface area contributed by atoms with Gasteiger partial charge in [0.05, 0.1) is 12.0 Å². The van der Waals surface area contributed by atoms with Crippen molar-refractivity contribution in [3.05, 3.63) is 57.3 Å². The smallest absolute Gasteiger partial charge is 0.335 e. The van der Waals surface area contributed by atoms with Gasteiger partial charge in [0, 0.05) is 23.3 Å². The molecule has 1 heterocycles. The zero-order valence-electron chi connectivity index (χ0n) is 12.0. The second kappa shape index (κ2) is 6.54. The van der Waals surface area contributed by atoms with E-state index in [1.54, 1.807) is 47.5 Å². The molecule has 21 heavy (non-hydrogen) atoms. The van der Waals surface area contributed by atoms with Gasteiger partial charge in [-0.25, -0.2) is 4.79 Å². The van der Waals surface area contributed by atoms with Crippen LogP contribution in [0.1, 0.15) is 25.7 Å². The second-order valence-corrected chi connectivity index (χ2v) is 6.31. The molecule has 0 unspecified atom stereocenters. The number of carbonyl (C=O) groups is 2. The molecule has 110 valence electrons. The lowest BCUT2D eigenvalue weighted by atomic mass is 10.1. The largest absolute Gasteiger partial charge is 0.478 e. The monoisotopic (exact) mass is 303 g/mol. The molecule has 0 aliphatic heterocycles. The minimum Gasteiger partial charge on any atom is -0.478 e. The normalized spacial score (nSPS) is 10.4. The molecule has 2 aromatic rings. The maximum absolute atomic E-state index is 12.1. The van der Waals surface area contributed by atoms with Gasteiger partial charge in [-0.3, -0.25) is 4.79 Å². The number of aromatic carboxylic acids is 1. The Balaban J connectivity index is 1.95. The van der Waals surface area contributed by atoms with Crippen LogP contribution in [-0.4, -0.2) is 28.9 Å². The molecule has 0 spiro atoms. The molecule has 1 amide bonds. The molecule has 4 nitrogen and oxygen atoms in total. The molecule has 1 N–H and O–H groups in total. The van der Waals surface area contributed by atoms with Gasteiger partial charge in [0.1, 0.15) is 0 Å². The van der Waals surface area contributed by atoms with E-state index in [9.17, 15) is 9.59 Å². The zero-order chi connectivity index (χ0) is 15.4. The summed E-state index contributed by atoms with van der Waals surface area (Å²) < 4.78 is 0. The molecule has 0 radical (unpaired) electrons. The zero-order valence-corrected chi connectivity index (χ0v) is 12.8. The summed E-state index contributed by atoms with van der Waals surface area (Å²) in [5, 5.41) is 8.85. The minimum absolute atomic E-state index is 0.0548. The van der Waals surface area contributed by atoms with E-state index in [0.717, 1.165) is 10.4 Å². The Morgan fingerprint density at radius 3 is 2.33 bits per heavy atom. The molecule has 0 saturated carbocycles. The van der Waals surface area contributed by atoms with Gasteiger partial charge in [-0.15, -0.1) is 11.3 Å². The van der Waals surface area contributed by atoms with Crippen LogP contribution in [0.15, 0.2) is 36.4 Å². The maximum atomic E-state index is 12.1. The Kier molecular flexibility index (Phi) is 4.75. The molecule has 1 aromatic carbocycles. The number of hydrogen-bond donors (Lipinski definition) is 1. The highest BCUT2D eigenvalue weighted by Gasteiger charge is 2.12. The first-order chi connectivity index (χ1) is 9.95. The highest BCUT2D eigenvalue weighted by molar-refractivity contribution is 7.12. The number of carboxylic acid groups (broad SMARTS) is 1. The number of rotatable bonds is 5. The second-order valence-electron chi connectivity index (χ2n) is 4.94. The van der Waals surface area contributed by atoms with Gasteiger partial charge in [-0.1, -0.05) is 12.1 Å². The van der Waals surface area contributed by atoms with Crippen LogP contribution in [0.5, 0.6) is 0 Å². The van der Waals surface area contributed by atoms with E-state index < -0.39 is 5.97 Å². The van der Waals surface area contributed by atoms with E-state index in [1.165, 1.54) is 4.88 Å². The Bertz CT molecular complexity index is 646. The van der Waals surface area contributed by atoms with Crippen molar-refractivity contribution in [3.63, 3.8) is 0 Å². The van der Waals surface area contributed by atoms with Gasteiger partial charge in [-0.05, 0) is 36.8 Å². The van der Waals surface area contributed by atoms with E-state index in [4.69, 9.17) is 5.11 Å². The van der Waals surface area contributed by atoms with Crippen LogP contribution in [0.3, 0.4) is 0 Å². The summed E-state index contributed by atoms with van der Waals surface area (Å²) in [5.41, 5.74) is 1.17. The van der Waals surface area contributed by atoms with E-state index in [2.05, 4.69) is 0 Å². The number of hydrogen-bond acceptors (Lipinski definition) is 3. The number of thiophene rings is 1. The number of amides is 1. The van der Waals surface area contributed by atoms with E-state index in [-0.39, 0.29) is 11.5 Å². The maximum Gasteiger partial charge on any atom is 0.335 e. The summed E-state index contributed by atoms with van der Waals surface area (Å²) in [6.07, 6.45) is 0.405. The third kappa shape index (κ3) is 4.16. The standard InChI is InChI=1S/C16H17NO3S/c1-11-3-8-14(21-11)9-15(18)17(2)10-12-4-6-13(7-5-12)16(19)20/h3-8H,9-10H2,1-2H3,(H,19,20). The summed E-state index contributed by atoms with van der Waals surface area (Å²) in [5.74, 6) is -0.891. The summed E-state index contributed by atoms with van der Waals surface area (Å²) in [6.45, 7) is 2.50. The Morgan fingerprint density at radius 1 is 1.14 bits per heavy atom. The highest BCUT2D eigenvalue weighted by atomic mass is 32.1. The minimum atomic E-state index is -0.945. The van der Waals surface area contributed by atoms with Gasteiger partial charge in [-0.2, -0.15) is 0 Å². The van der Waals surface area contributed by atoms with Crippen molar-refractivity contribution in [2.45, 2.75) is 19.9 Å². The van der Waals surface area contributed by atoms with Crippen molar-refractivity contribution in [3.8, 4) is 0 Å². The number of likely N-dealkylation sites (N-methyl/N-ethyl adjacent to an activating group) is 1. The Morgan fingerprint density at radius 2 is 1.81 bits per heavy atom. The third-order valence-electron chi connectivity index (χ3n) is 3.17. The fourth-order valence-electron chi connectivity index (χ4n) is 1.98. The topological polar surface area (TPSA) is 57.6 Å². The Labute approximate surface area is 127 Å². The fourth-order valence-corrected chi connectivity index (χ4v) is 2.86. The van der Waals surface area contributed by atoms with Crippen LogP contribution in [0, 0.1) is 6.92 Å². The summed E-state index contributed by atoms with van der Waals surface area (Å²) in [7, 11) is 1.76. The van der Waals surface area contributed by atoms with Gasteiger partial charge >= 0.3 is 5.97 Å². The van der Waals surface area contributed by atoms with Crippen molar-refractivity contribution in [1.82, 2.24) is 4.90 Å². The van der Waals surface area contributed by atoms with Crippen LogP contribution in [-0.2, 0) is 17.8 Å². The number of benzene rings is 1. The van der Waals surface area contributed by atoms with Crippen molar-refractivity contribution in [2.75, 3.05) is 7.05 Å². The molecule has 0 saturated heterocycles. The number of carbonyl (C=O) groups excluding carboxylic acids is 1. The summed E-state index contributed by atoms with van der Waals surface area (Å²) in [4.78, 5) is 26.8.